The highest BCUT2D eigenvalue weighted by molar-refractivity contribution is 7.91. The first-order chi connectivity index (χ1) is 7.42. The molecule has 0 amide bonds. The highest BCUT2D eigenvalue weighted by Gasteiger charge is 2.12. The van der Waals surface area contributed by atoms with Crippen LogP contribution in [0, 0.1) is 0 Å². The van der Waals surface area contributed by atoms with Crippen molar-refractivity contribution in [3.8, 4) is 0 Å². The molecule has 0 radical (unpaired) electrons. The maximum Gasteiger partial charge on any atom is 0.177 e. The second-order valence-electron chi connectivity index (χ2n) is 3.94. The van der Waals surface area contributed by atoms with Gasteiger partial charge in [0, 0.05) is 11.8 Å². The van der Waals surface area contributed by atoms with E-state index >= 15 is 0 Å². The van der Waals surface area contributed by atoms with Crippen LogP contribution in [0.2, 0.25) is 0 Å². The van der Waals surface area contributed by atoms with Crippen molar-refractivity contribution in [3.63, 3.8) is 0 Å². The predicted molar refractivity (Wildman–Crippen MR) is 64.5 cm³/mol. The molecule has 0 aliphatic heterocycles. The number of rotatable bonds is 5. The fourth-order valence-corrected chi connectivity index (χ4v) is 2.11. The van der Waals surface area contributed by atoms with E-state index in [9.17, 15) is 13.2 Å². The molecular weight excluding hydrogens is 224 g/mol. The van der Waals surface area contributed by atoms with Gasteiger partial charge in [0.15, 0.2) is 15.6 Å². The van der Waals surface area contributed by atoms with Crippen molar-refractivity contribution in [2.75, 3.05) is 12.0 Å². The third kappa shape index (κ3) is 4.14. The van der Waals surface area contributed by atoms with Gasteiger partial charge in [-0.25, -0.2) is 8.42 Å². The van der Waals surface area contributed by atoms with E-state index in [1.54, 1.807) is 12.1 Å². The van der Waals surface area contributed by atoms with Crippen LogP contribution in [0.25, 0.3) is 0 Å². The maximum absolute atomic E-state index is 11.6. The van der Waals surface area contributed by atoms with Crippen molar-refractivity contribution in [1.29, 1.82) is 0 Å². The van der Waals surface area contributed by atoms with E-state index in [0.717, 1.165) is 19.1 Å². The predicted octanol–water partition coefficient (Wildman–Crippen LogP) is 1.87. The van der Waals surface area contributed by atoms with E-state index in [2.05, 4.69) is 6.92 Å². The average molecular weight is 240 g/mol. The minimum atomic E-state index is -3.24. The zero-order valence-corrected chi connectivity index (χ0v) is 10.4. The van der Waals surface area contributed by atoms with Gasteiger partial charge in [0.2, 0.25) is 0 Å². The van der Waals surface area contributed by atoms with Gasteiger partial charge in [-0.1, -0.05) is 37.6 Å². The summed E-state index contributed by atoms with van der Waals surface area (Å²) in [7, 11) is -3.24. The minimum absolute atomic E-state index is 0.342. The molecule has 3 nitrogen and oxygen atoms in total. The first-order valence-electron chi connectivity index (χ1n) is 5.22. The summed E-state index contributed by atoms with van der Waals surface area (Å²) in [5, 5.41) is 0. The second-order valence-corrected chi connectivity index (χ2v) is 6.08. The second kappa shape index (κ2) is 5.25. The molecule has 0 saturated heterocycles. The number of aryl methyl sites for hydroxylation is 1. The molecule has 1 aromatic rings. The molecule has 4 heteroatoms. The molecule has 0 unspecified atom stereocenters. The molecule has 88 valence electrons. The van der Waals surface area contributed by atoms with E-state index in [1.165, 1.54) is 5.56 Å². The van der Waals surface area contributed by atoms with Crippen LogP contribution in [0.5, 0.6) is 0 Å². The molecule has 0 saturated carbocycles. The largest absolute Gasteiger partial charge is 0.293 e. The highest BCUT2D eigenvalue weighted by atomic mass is 32.2. The summed E-state index contributed by atoms with van der Waals surface area (Å²) in [6, 6.07) is 7.13. The van der Waals surface area contributed by atoms with Gasteiger partial charge in [-0.2, -0.15) is 0 Å². The first-order valence-corrected chi connectivity index (χ1v) is 7.28. The van der Waals surface area contributed by atoms with Gasteiger partial charge in [0.1, 0.15) is 5.75 Å². The third-order valence-electron chi connectivity index (χ3n) is 2.21. The number of ketones is 1. The van der Waals surface area contributed by atoms with Crippen LogP contribution < -0.4 is 0 Å². The Bertz CT molecular complexity index is 458. The number of Topliss-reactive ketones (excluding diaryl/α,β-unsaturated/α-hetero) is 1. The zero-order chi connectivity index (χ0) is 12.2. The van der Waals surface area contributed by atoms with Gasteiger partial charge < -0.3 is 0 Å². The fraction of sp³-hybridized carbons (Fsp3) is 0.417. The van der Waals surface area contributed by atoms with Gasteiger partial charge in [-0.15, -0.1) is 0 Å². The average Bonchev–Trinajstić information content (AvgIpc) is 2.16. The lowest BCUT2D eigenvalue weighted by Gasteiger charge is -2.02. The Hall–Kier alpha value is -1.16. The summed E-state index contributed by atoms with van der Waals surface area (Å²) in [5.74, 6) is -0.759. The summed E-state index contributed by atoms with van der Waals surface area (Å²) in [6.45, 7) is 2.09. The van der Waals surface area contributed by atoms with Crippen molar-refractivity contribution in [2.45, 2.75) is 19.8 Å². The van der Waals surface area contributed by atoms with Crippen LogP contribution in [0.4, 0.5) is 0 Å². The summed E-state index contributed by atoms with van der Waals surface area (Å²) in [6.07, 6.45) is 3.09. The van der Waals surface area contributed by atoms with Crippen molar-refractivity contribution in [3.05, 3.63) is 35.4 Å². The Balaban J connectivity index is 2.78. The molecule has 16 heavy (non-hydrogen) atoms. The molecule has 0 N–H and O–H groups in total. The van der Waals surface area contributed by atoms with Crippen molar-refractivity contribution >= 4 is 15.6 Å². The van der Waals surface area contributed by atoms with Crippen molar-refractivity contribution < 1.29 is 13.2 Å². The summed E-state index contributed by atoms with van der Waals surface area (Å²) in [4.78, 5) is 11.6. The van der Waals surface area contributed by atoms with Crippen LogP contribution in [0.1, 0.15) is 29.3 Å². The zero-order valence-electron chi connectivity index (χ0n) is 9.56. The van der Waals surface area contributed by atoms with Crippen LogP contribution in [0.3, 0.4) is 0 Å². The van der Waals surface area contributed by atoms with Gasteiger partial charge >= 0.3 is 0 Å². The van der Waals surface area contributed by atoms with E-state index < -0.39 is 15.6 Å². The smallest absolute Gasteiger partial charge is 0.177 e. The lowest BCUT2D eigenvalue weighted by molar-refractivity contribution is 0.102. The monoisotopic (exact) mass is 240 g/mol. The fourth-order valence-electron chi connectivity index (χ4n) is 1.47. The Morgan fingerprint density at radius 1 is 1.19 bits per heavy atom. The third-order valence-corrected chi connectivity index (χ3v) is 2.99. The molecular formula is C12H16O3S. The molecule has 0 aliphatic carbocycles. The molecule has 0 aromatic heterocycles. The quantitative estimate of drug-likeness (QED) is 0.738. The van der Waals surface area contributed by atoms with Crippen LogP contribution in [0.15, 0.2) is 24.3 Å². The van der Waals surface area contributed by atoms with Gasteiger partial charge in [0.25, 0.3) is 0 Å². The Labute approximate surface area is 96.4 Å². The molecule has 0 heterocycles. The van der Waals surface area contributed by atoms with Gasteiger partial charge in [-0.3, -0.25) is 4.79 Å². The lowest BCUT2D eigenvalue weighted by Crippen LogP contribution is -2.14. The molecule has 1 aromatic carbocycles. The van der Waals surface area contributed by atoms with Crippen LogP contribution >= 0.6 is 0 Å². The van der Waals surface area contributed by atoms with Crippen molar-refractivity contribution in [2.24, 2.45) is 0 Å². The van der Waals surface area contributed by atoms with Crippen LogP contribution in [-0.4, -0.2) is 26.2 Å². The molecule has 0 bridgehead atoms. The SMILES string of the molecule is CCCc1ccc(C(=O)CS(C)(=O)=O)cc1. The topological polar surface area (TPSA) is 51.2 Å². The number of sulfone groups is 1. The Morgan fingerprint density at radius 2 is 1.75 bits per heavy atom. The van der Waals surface area contributed by atoms with E-state index in [4.69, 9.17) is 0 Å². The number of carbonyl (C=O) groups is 1. The van der Waals surface area contributed by atoms with E-state index in [0.29, 0.717) is 5.56 Å². The Morgan fingerprint density at radius 3 is 2.19 bits per heavy atom. The first kappa shape index (κ1) is 12.9. The van der Waals surface area contributed by atoms with Crippen molar-refractivity contribution in [1.82, 2.24) is 0 Å². The number of benzene rings is 1. The Kier molecular flexibility index (Phi) is 4.24. The lowest BCUT2D eigenvalue weighted by atomic mass is 10.1. The maximum atomic E-state index is 11.6. The number of hydrogen-bond acceptors (Lipinski definition) is 3. The van der Waals surface area contributed by atoms with Crippen LogP contribution in [-0.2, 0) is 16.3 Å². The van der Waals surface area contributed by atoms with Gasteiger partial charge in [0.05, 0.1) is 0 Å². The molecule has 0 aliphatic rings. The van der Waals surface area contributed by atoms with E-state index in [-0.39, 0.29) is 5.78 Å². The molecule has 1 rings (SSSR count). The molecule has 0 spiro atoms. The molecule has 0 atom stereocenters. The normalized spacial score (nSPS) is 11.4. The van der Waals surface area contributed by atoms with Gasteiger partial charge in [-0.05, 0) is 12.0 Å². The molecule has 0 fully saturated rings. The summed E-state index contributed by atoms with van der Waals surface area (Å²) < 4.78 is 21.9. The summed E-state index contributed by atoms with van der Waals surface area (Å²) >= 11 is 0. The number of hydrogen-bond donors (Lipinski definition) is 0. The van der Waals surface area contributed by atoms with E-state index in [1.807, 2.05) is 12.1 Å². The standard InChI is InChI=1S/C12H16O3S/c1-3-4-10-5-7-11(8-6-10)12(13)9-16(2,14)15/h5-8H,3-4,9H2,1-2H3. The minimum Gasteiger partial charge on any atom is -0.293 e. The summed E-state index contributed by atoms with van der Waals surface area (Å²) in [5.41, 5.74) is 1.63. The highest BCUT2D eigenvalue weighted by Crippen LogP contribution is 2.08. The number of carbonyl (C=O) groups excluding carboxylic acids is 1.